The highest BCUT2D eigenvalue weighted by Gasteiger charge is 2.37. The molecular weight excluding hydrogens is 283 g/mol. The zero-order valence-corrected chi connectivity index (χ0v) is 11.1. The van der Waals surface area contributed by atoms with Crippen LogP contribution >= 0.6 is 0 Å². The second-order valence-electron chi connectivity index (χ2n) is 3.98. The van der Waals surface area contributed by atoms with E-state index in [1.807, 2.05) is 0 Å². The lowest BCUT2D eigenvalue weighted by atomic mass is 10.0. The van der Waals surface area contributed by atoms with Gasteiger partial charge in [-0.05, 0) is 25.5 Å². The predicted molar refractivity (Wildman–Crippen MR) is 66.2 cm³/mol. The standard InChI is InChI=1S/C10H14F3N3O2S/c1-3-19(17,18)16-9-8(14)4-7(5-15-9)6(2)10(11,12)13/h4-6H,3,14H2,1-2H3,(H,15,16). The van der Waals surface area contributed by atoms with Crippen LogP contribution in [0.2, 0.25) is 0 Å². The van der Waals surface area contributed by atoms with Crippen LogP contribution < -0.4 is 10.5 Å². The molecule has 0 radical (unpaired) electrons. The summed E-state index contributed by atoms with van der Waals surface area (Å²) in [4.78, 5) is 3.63. The number of nitrogens with two attached hydrogens (primary N) is 1. The first kappa shape index (κ1) is 15.5. The van der Waals surface area contributed by atoms with E-state index in [1.165, 1.54) is 6.92 Å². The van der Waals surface area contributed by atoms with Gasteiger partial charge in [-0.15, -0.1) is 0 Å². The molecule has 1 aromatic heterocycles. The van der Waals surface area contributed by atoms with Crippen molar-refractivity contribution in [3.8, 4) is 0 Å². The Balaban J connectivity index is 3.05. The highest BCUT2D eigenvalue weighted by Crippen LogP contribution is 2.35. The number of aromatic nitrogens is 1. The van der Waals surface area contributed by atoms with Gasteiger partial charge in [-0.25, -0.2) is 13.4 Å². The van der Waals surface area contributed by atoms with E-state index >= 15 is 0 Å². The number of hydrogen-bond acceptors (Lipinski definition) is 4. The second-order valence-corrected chi connectivity index (χ2v) is 5.99. The molecule has 0 fully saturated rings. The van der Waals surface area contributed by atoms with Gasteiger partial charge >= 0.3 is 6.18 Å². The molecule has 0 bridgehead atoms. The van der Waals surface area contributed by atoms with E-state index < -0.39 is 22.1 Å². The maximum absolute atomic E-state index is 12.5. The molecule has 19 heavy (non-hydrogen) atoms. The number of rotatable bonds is 4. The minimum atomic E-state index is -4.40. The Kier molecular flexibility index (Phi) is 4.28. The molecule has 1 unspecified atom stereocenters. The van der Waals surface area contributed by atoms with E-state index in [4.69, 9.17) is 5.73 Å². The van der Waals surface area contributed by atoms with Gasteiger partial charge in [0.15, 0.2) is 5.82 Å². The summed E-state index contributed by atoms with van der Waals surface area (Å²) in [6.45, 7) is 2.39. The Morgan fingerprint density at radius 2 is 2.05 bits per heavy atom. The van der Waals surface area contributed by atoms with Crippen molar-refractivity contribution < 1.29 is 21.6 Å². The number of hydrogen-bond donors (Lipinski definition) is 2. The fraction of sp³-hybridized carbons (Fsp3) is 0.500. The molecule has 1 rings (SSSR count). The maximum atomic E-state index is 12.5. The number of sulfonamides is 1. The molecule has 0 saturated carbocycles. The Labute approximate surface area is 109 Å². The zero-order chi connectivity index (χ0) is 14.8. The van der Waals surface area contributed by atoms with Crippen LogP contribution in [0.25, 0.3) is 0 Å². The van der Waals surface area contributed by atoms with Gasteiger partial charge in [0.05, 0.1) is 17.4 Å². The van der Waals surface area contributed by atoms with Gasteiger partial charge in [-0.3, -0.25) is 4.72 Å². The summed E-state index contributed by atoms with van der Waals surface area (Å²) in [7, 11) is -3.57. The Bertz CT molecular complexity index is 558. The average Bonchev–Trinajstić information content (AvgIpc) is 2.29. The van der Waals surface area contributed by atoms with Crippen molar-refractivity contribution in [2.75, 3.05) is 16.2 Å². The van der Waals surface area contributed by atoms with Crippen molar-refractivity contribution in [2.24, 2.45) is 0 Å². The first-order chi connectivity index (χ1) is 8.57. The largest absolute Gasteiger partial charge is 0.396 e. The molecule has 0 aliphatic carbocycles. The number of pyridine rings is 1. The monoisotopic (exact) mass is 297 g/mol. The summed E-state index contributed by atoms with van der Waals surface area (Å²) >= 11 is 0. The van der Waals surface area contributed by atoms with Gasteiger partial charge in [0.2, 0.25) is 10.0 Å². The van der Waals surface area contributed by atoms with Crippen LogP contribution in [0.4, 0.5) is 24.7 Å². The molecule has 0 aliphatic rings. The first-order valence-electron chi connectivity index (χ1n) is 5.39. The van der Waals surface area contributed by atoms with Crippen LogP contribution in [0, 0.1) is 0 Å². The third-order valence-corrected chi connectivity index (χ3v) is 3.83. The normalized spacial score (nSPS) is 14.2. The van der Waals surface area contributed by atoms with Crippen LogP contribution in [0.5, 0.6) is 0 Å². The van der Waals surface area contributed by atoms with Crippen LogP contribution in [0.15, 0.2) is 12.3 Å². The molecule has 0 amide bonds. The number of anilines is 2. The lowest BCUT2D eigenvalue weighted by Crippen LogP contribution is -2.20. The lowest BCUT2D eigenvalue weighted by molar-refractivity contribution is -0.146. The lowest BCUT2D eigenvalue weighted by Gasteiger charge is -2.17. The molecule has 108 valence electrons. The van der Waals surface area contributed by atoms with E-state index in [0.29, 0.717) is 0 Å². The van der Waals surface area contributed by atoms with Crippen LogP contribution in [0.1, 0.15) is 25.3 Å². The first-order valence-corrected chi connectivity index (χ1v) is 7.04. The number of nitrogen functional groups attached to an aromatic ring is 1. The van der Waals surface area contributed by atoms with E-state index in [2.05, 4.69) is 9.71 Å². The predicted octanol–water partition coefficient (Wildman–Crippen LogP) is 2.09. The van der Waals surface area contributed by atoms with E-state index in [1.54, 1.807) is 0 Å². The van der Waals surface area contributed by atoms with Crippen LogP contribution in [-0.4, -0.2) is 25.3 Å². The maximum Gasteiger partial charge on any atom is 0.395 e. The Morgan fingerprint density at radius 3 is 2.47 bits per heavy atom. The Morgan fingerprint density at radius 1 is 1.47 bits per heavy atom. The Hall–Kier alpha value is -1.51. The number of alkyl halides is 3. The van der Waals surface area contributed by atoms with Gasteiger partial charge in [-0.1, -0.05) is 0 Å². The van der Waals surface area contributed by atoms with Crippen molar-refractivity contribution in [3.63, 3.8) is 0 Å². The van der Waals surface area contributed by atoms with Gasteiger partial charge in [0, 0.05) is 6.20 Å². The van der Waals surface area contributed by atoms with Gasteiger partial charge in [0.1, 0.15) is 0 Å². The quantitative estimate of drug-likeness (QED) is 0.891. The average molecular weight is 297 g/mol. The van der Waals surface area contributed by atoms with Crippen molar-refractivity contribution >= 4 is 21.5 Å². The summed E-state index contributed by atoms with van der Waals surface area (Å²) in [5.74, 6) is -2.08. The highest BCUT2D eigenvalue weighted by atomic mass is 32.2. The molecule has 9 heteroatoms. The second kappa shape index (κ2) is 5.24. The topological polar surface area (TPSA) is 85.1 Å². The molecular formula is C10H14F3N3O2S. The SMILES string of the molecule is CCS(=O)(=O)Nc1ncc(C(C)C(F)(F)F)cc1N. The minimum Gasteiger partial charge on any atom is -0.396 e. The summed E-state index contributed by atoms with van der Waals surface area (Å²) < 4.78 is 62.3. The fourth-order valence-electron chi connectivity index (χ4n) is 1.23. The van der Waals surface area contributed by atoms with E-state index in [-0.39, 0.29) is 22.8 Å². The van der Waals surface area contributed by atoms with Gasteiger partial charge in [0.25, 0.3) is 0 Å². The fourth-order valence-corrected chi connectivity index (χ4v) is 1.84. The van der Waals surface area contributed by atoms with Gasteiger partial charge < -0.3 is 5.73 Å². The smallest absolute Gasteiger partial charge is 0.395 e. The van der Waals surface area contributed by atoms with Crippen molar-refractivity contribution in [1.82, 2.24) is 4.98 Å². The molecule has 0 spiro atoms. The van der Waals surface area contributed by atoms with E-state index in [9.17, 15) is 21.6 Å². The van der Waals surface area contributed by atoms with Crippen molar-refractivity contribution in [3.05, 3.63) is 17.8 Å². The molecule has 1 aromatic rings. The molecule has 1 heterocycles. The van der Waals surface area contributed by atoms with Crippen LogP contribution in [-0.2, 0) is 10.0 Å². The minimum absolute atomic E-state index is 0.121. The van der Waals surface area contributed by atoms with Crippen LogP contribution in [0.3, 0.4) is 0 Å². The number of halogens is 3. The third kappa shape index (κ3) is 3.98. The summed E-state index contributed by atoms with van der Waals surface area (Å²) in [6.07, 6.45) is -3.44. The highest BCUT2D eigenvalue weighted by molar-refractivity contribution is 7.92. The molecule has 0 saturated heterocycles. The molecule has 1 atom stereocenters. The number of nitrogens with one attached hydrogen (secondary N) is 1. The summed E-state index contributed by atoms with van der Waals surface area (Å²) in [5, 5.41) is 0. The summed E-state index contributed by atoms with van der Waals surface area (Å²) in [6, 6.07) is 1.07. The molecule has 5 nitrogen and oxygen atoms in total. The zero-order valence-electron chi connectivity index (χ0n) is 10.3. The van der Waals surface area contributed by atoms with Crippen molar-refractivity contribution in [1.29, 1.82) is 0 Å². The number of nitrogens with zero attached hydrogens (tertiary/aromatic N) is 1. The molecule has 0 aromatic carbocycles. The van der Waals surface area contributed by atoms with E-state index in [0.717, 1.165) is 19.2 Å². The third-order valence-electron chi connectivity index (χ3n) is 2.56. The summed E-state index contributed by atoms with van der Waals surface area (Å²) in [5.41, 5.74) is 5.24. The molecule has 3 N–H and O–H groups in total. The molecule has 0 aliphatic heterocycles. The van der Waals surface area contributed by atoms with Crippen molar-refractivity contribution in [2.45, 2.75) is 25.9 Å². The van der Waals surface area contributed by atoms with Gasteiger partial charge in [-0.2, -0.15) is 13.2 Å².